The average molecular weight is 293 g/mol. The van der Waals surface area contributed by atoms with Crippen molar-refractivity contribution in [3.05, 3.63) is 29.0 Å². The van der Waals surface area contributed by atoms with Crippen LogP contribution in [-0.2, 0) is 11.3 Å². The number of aryl methyl sites for hydroxylation is 1. The van der Waals surface area contributed by atoms with Crippen LogP contribution in [0.5, 0.6) is 0 Å². The normalized spacial score (nSPS) is 22.5. The second kappa shape index (κ2) is 5.09. The fraction of sp³-hybridized carbons (Fsp3) is 0.467. The molecule has 4 nitrogen and oxygen atoms in total. The van der Waals surface area contributed by atoms with Gasteiger partial charge in [0, 0.05) is 17.5 Å². The summed E-state index contributed by atoms with van der Waals surface area (Å²) in [6.45, 7) is 2.92. The van der Waals surface area contributed by atoms with Gasteiger partial charge in [-0.25, -0.2) is 4.98 Å². The van der Waals surface area contributed by atoms with Crippen molar-refractivity contribution in [2.45, 2.75) is 38.6 Å². The van der Waals surface area contributed by atoms with Crippen LogP contribution in [0.3, 0.4) is 0 Å². The maximum Gasteiger partial charge on any atom is 0.306 e. The highest BCUT2D eigenvalue weighted by molar-refractivity contribution is 6.31. The molecule has 0 saturated heterocycles. The number of carbonyl (C=O) groups is 1. The second-order valence-electron chi connectivity index (χ2n) is 5.39. The number of hydrogen-bond acceptors (Lipinski definition) is 2. The Labute approximate surface area is 122 Å². The van der Waals surface area contributed by atoms with E-state index in [2.05, 4.69) is 11.5 Å². The molecule has 5 heteroatoms. The first-order valence-corrected chi connectivity index (χ1v) is 7.36. The molecule has 2 unspecified atom stereocenters. The minimum Gasteiger partial charge on any atom is -0.481 e. The SMILES string of the molecule is CCn1c(C2CCC(C(=O)O)C2)nc2cc(Cl)ccc21. The lowest BCUT2D eigenvalue weighted by molar-refractivity contribution is -0.141. The highest BCUT2D eigenvalue weighted by atomic mass is 35.5. The van der Waals surface area contributed by atoms with Crippen LogP contribution in [0.15, 0.2) is 18.2 Å². The Kier molecular flexibility index (Phi) is 3.42. The number of halogens is 1. The summed E-state index contributed by atoms with van der Waals surface area (Å²) in [6.07, 6.45) is 2.33. The summed E-state index contributed by atoms with van der Waals surface area (Å²) in [6, 6.07) is 5.73. The number of benzene rings is 1. The van der Waals surface area contributed by atoms with Gasteiger partial charge in [0.2, 0.25) is 0 Å². The van der Waals surface area contributed by atoms with Crippen molar-refractivity contribution in [2.24, 2.45) is 5.92 Å². The maximum atomic E-state index is 11.1. The molecule has 1 saturated carbocycles. The standard InChI is InChI=1S/C15H17ClN2O2/c1-2-18-13-6-5-11(16)8-12(13)17-14(18)9-3-4-10(7-9)15(19)20/h5-6,8-10H,2-4,7H2,1H3,(H,19,20). The molecule has 1 aliphatic carbocycles. The van der Waals surface area contributed by atoms with Crippen LogP contribution in [0.1, 0.15) is 37.9 Å². The average Bonchev–Trinajstić information content (AvgIpc) is 3.01. The highest BCUT2D eigenvalue weighted by Gasteiger charge is 2.33. The van der Waals surface area contributed by atoms with Gasteiger partial charge in [0.15, 0.2) is 0 Å². The summed E-state index contributed by atoms with van der Waals surface area (Å²) in [7, 11) is 0. The van der Waals surface area contributed by atoms with Crippen LogP contribution < -0.4 is 0 Å². The molecule has 0 spiro atoms. The number of fused-ring (bicyclic) bond motifs is 1. The largest absolute Gasteiger partial charge is 0.481 e. The third kappa shape index (κ3) is 2.18. The number of aromatic nitrogens is 2. The van der Waals surface area contributed by atoms with Gasteiger partial charge >= 0.3 is 5.97 Å². The number of rotatable bonds is 3. The Morgan fingerprint density at radius 1 is 1.50 bits per heavy atom. The van der Waals surface area contributed by atoms with E-state index in [1.54, 1.807) is 0 Å². The van der Waals surface area contributed by atoms with Crippen molar-refractivity contribution in [2.75, 3.05) is 0 Å². The van der Waals surface area contributed by atoms with Crippen LogP contribution in [0.4, 0.5) is 0 Å². The van der Waals surface area contributed by atoms with E-state index < -0.39 is 5.97 Å². The van der Waals surface area contributed by atoms with E-state index in [0.29, 0.717) is 11.4 Å². The minimum atomic E-state index is -0.685. The molecule has 0 amide bonds. The van der Waals surface area contributed by atoms with Crippen molar-refractivity contribution < 1.29 is 9.90 Å². The van der Waals surface area contributed by atoms with Crippen molar-refractivity contribution in [3.8, 4) is 0 Å². The van der Waals surface area contributed by atoms with Crippen LogP contribution in [0.2, 0.25) is 5.02 Å². The molecular formula is C15H17ClN2O2. The highest BCUT2D eigenvalue weighted by Crippen LogP contribution is 2.39. The van der Waals surface area contributed by atoms with E-state index in [1.807, 2.05) is 18.2 Å². The number of hydrogen-bond donors (Lipinski definition) is 1. The molecule has 20 heavy (non-hydrogen) atoms. The number of nitrogens with zero attached hydrogens (tertiary/aromatic N) is 2. The van der Waals surface area contributed by atoms with E-state index in [-0.39, 0.29) is 11.8 Å². The second-order valence-corrected chi connectivity index (χ2v) is 5.83. The number of imidazole rings is 1. The summed E-state index contributed by atoms with van der Waals surface area (Å²) in [5.41, 5.74) is 1.97. The molecule has 1 aromatic heterocycles. The van der Waals surface area contributed by atoms with E-state index in [9.17, 15) is 4.79 Å². The molecule has 2 aromatic rings. The molecule has 1 aliphatic rings. The Morgan fingerprint density at radius 2 is 2.30 bits per heavy atom. The topological polar surface area (TPSA) is 55.1 Å². The summed E-state index contributed by atoms with van der Waals surface area (Å²) in [5.74, 6) is 0.333. The zero-order valence-electron chi connectivity index (χ0n) is 11.3. The van der Waals surface area contributed by atoms with Gasteiger partial charge < -0.3 is 9.67 Å². The van der Waals surface area contributed by atoms with Gasteiger partial charge in [-0.05, 0) is 44.4 Å². The van der Waals surface area contributed by atoms with Gasteiger partial charge in [-0.15, -0.1) is 0 Å². The van der Waals surface area contributed by atoms with Gasteiger partial charge in [0.25, 0.3) is 0 Å². The first-order valence-electron chi connectivity index (χ1n) is 6.98. The van der Waals surface area contributed by atoms with Crippen molar-refractivity contribution in [3.63, 3.8) is 0 Å². The van der Waals surface area contributed by atoms with E-state index >= 15 is 0 Å². The lowest BCUT2D eigenvalue weighted by atomic mass is 10.0. The predicted octanol–water partition coefficient (Wildman–Crippen LogP) is 3.68. The molecule has 1 aromatic carbocycles. The molecular weight excluding hydrogens is 276 g/mol. The lowest BCUT2D eigenvalue weighted by Crippen LogP contribution is -2.11. The van der Waals surface area contributed by atoms with Crippen molar-refractivity contribution >= 4 is 28.6 Å². The Balaban J connectivity index is 2.01. The summed E-state index contributed by atoms with van der Waals surface area (Å²) in [5, 5.41) is 9.82. The van der Waals surface area contributed by atoms with E-state index in [1.165, 1.54) is 0 Å². The first kappa shape index (κ1) is 13.4. The number of aliphatic carboxylic acids is 1. The van der Waals surface area contributed by atoms with Gasteiger partial charge in [-0.1, -0.05) is 11.6 Å². The van der Waals surface area contributed by atoms with Crippen LogP contribution >= 0.6 is 11.6 Å². The van der Waals surface area contributed by atoms with Gasteiger partial charge in [0.05, 0.1) is 17.0 Å². The fourth-order valence-corrected chi connectivity index (χ4v) is 3.37. The zero-order chi connectivity index (χ0) is 14.3. The zero-order valence-corrected chi connectivity index (χ0v) is 12.1. The minimum absolute atomic E-state index is 0.228. The van der Waals surface area contributed by atoms with Crippen LogP contribution in [0, 0.1) is 5.92 Å². The van der Waals surface area contributed by atoms with E-state index in [0.717, 1.165) is 36.2 Å². The molecule has 2 atom stereocenters. The van der Waals surface area contributed by atoms with Crippen molar-refractivity contribution in [1.29, 1.82) is 0 Å². The fourth-order valence-electron chi connectivity index (χ4n) is 3.21. The smallest absolute Gasteiger partial charge is 0.306 e. The molecule has 0 radical (unpaired) electrons. The Hall–Kier alpha value is -1.55. The molecule has 0 bridgehead atoms. The summed E-state index contributed by atoms with van der Waals surface area (Å²) in [4.78, 5) is 15.8. The van der Waals surface area contributed by atoms with Gasteiger partial charge in [0.1, 0.15) is 5.82 Å². The lowest BCUT2D eigenvalue weighted by Gasteiger charge is -2.12. The number of carboxylic acids is 1. The quantitative estimate of drug-likeness (QED) is 0.939. The van der Waals surface area contributed by atoms with Gasteiger partial charge in [-0.2, -0.15) is 0 Å². The third-order valence-corrected chi connectivity index (χ3v) is 4.44. The van der Waals surface area contributed by atoms with Gasteiger partial charge in [-0.3, -0.25) is 4.79 Å². The van der Waals surface area contributed by atoms with Crippen molar-refractivity contribution in [1.82, 2.24) is 9.55 Å². The molecule has 1 heterocycles. The first-order chi connectivity index (χ1) is 9.60. The van der Waals surface area contributed by atoms with Crippen LogP contribution in [0.25, 0.3) is 11.0 Å². The monoisotopic (exact) mass is 292 g/mol. The molecule has 0 aliphatic heterocycles. The molecule has 3 rings (SSSR count). The third-order valence-electron chi connectivity index (χ3n) is 4.20. The predicted molar refractivity (Wildman–Crippen MR) is 78.1 cm³/mol. The molecule has 106 valence electrons. The van der Waals surface area contributed by atoms with E-state index in [4.69, 9.17) is 21.7 Å². The summed E-state index contributed by atoms with van der Waals surface area (Å²) < 4.78 is 2.18. The molecule has 1 fully saturated rings. The van der Waals surface area contributed by atoms with Crippen LogP contribution in [-0.4, -0.2) is 20.6 Å². The Bertz CT molecular complexity index is 665. The summed E-state index contributed by atoms with van der Waals surface area (Å²) >= 11 is 6.02. The molecule has 1 N–H and O–H groups in total. The Morgan fingerprint density at radius 3 is 2.95 bits per heavy atom. The number of carboxylic acid groups (broad SMARTS) is 1. The maximum absolute atomic E-state index is 11.1.